The lowest BCUT2D eigenvalue weighted by Crippen LogP contribution is -2.30. The molecular formula is C8H6F4N2O2. The number of halogens is 4. The Hall–Kier alpha value is -1.99. The molecule has 0 aliphatic carbocycles. The summed E-state index contributed by atoms with van der Waals surface area (Å²) in [5.74, 6) is -4.12. The smallest absolute Gasteiger partial charge is 0.471 e. The summed E-state index contributed by atoms with van der Waals surface area (Å²) in [4.78, 5) is 10.5. The van der Waals surface area contributed by atoms with E-state index in [1.165, 1.54) is 5.32 Å². The molecule has 88 valence electrons. The standard InChI is InChI=1S/C8H6F4N2O2/c9-3-1-6(15)5(2-4(3)13)14-7(16)8(10,11)12/h1-2,15H,13H2,(H,14,16). The van der Waals surface area contributed by atoms with Crippen molar-refractivity contribution in [3.8, 4) is 5.75 Å². The van der Waals surface area contributed by atoms with Crippen molar-refractivity contribution in [3.05, 3.63) is 17.9 Å². The molecule has 1 aromatic carbocycles. The molecule has 4 nitrogen and oxygen atoms in total. The summed E-state index contributed by atoms with van der Waals surface area (Å²) in [5, 5.41) is 10.4. The molecule has 0 heterocycles. The molecule has 1 aromatic rings. The normalized spacial score (nSPS) is 11.2. The first-order valence-corrected chi connectivity index (χ1v) is 3.88. The number of nitrogen functional groups attached to an aromatic ring is 1. The maximum atomic E-state index is 12.7. The third-order valence-electron chi connectivity index (χ3n) is 1.62. The van der Waals surface area contributed by atoms with Gasteiger partial charge in [-0.25, -0.2) is 4.39 Å². The Morgan fingerprint density at radius 1 is 1.38 bits per heavy atom. The fourth-order valence-electron chi connectivity index (χ4n) is 0.873. The van der Waals surface area contributed by atoms with Crippen LogP contribution in [0.5, 0.6) is 5.75 Å². The monoisotopic (exact) mass is 238 g/mol. The second-order valence-corrected chi connectivity index (χ2v) is 2.84. The number of anilines is 2. The lowest BCUT2D eigenvalue weighted by Gasteiger charge is -2.10. The van der Waals surface area contributed by atoms with Crippen LogP contribution in [0.1, 0.15) is 0 Å². The number of amides is 1. The van der Waals surface area contributed by atoms with Gasteiger partial charge in [-0.15, -0.1) is 0 Å². The second-order valence-electron chi connectivity index (χ2n) is 2.84. The minimum atomic E-state index is -5.10. The van der Waals surface area contributed by atoms with Crippen molar-refractivity contribution >= 4 is 17.3 Å². The zero-order valence-corrected chi connectivity index (χ0v) is 7.60. The van der Waals surface area contributed by atoms with E-state index in [1.54, 1.807) is 0 Å². The number of benzene rings is 1. The van der Waals surface area contributed by atoms with Gasteiger partial charge in [0, 0.05) is 6.07 Å². The zero-order chi connectivity index (χ0) is 12.5. The molecule has 8 heteroatoms. The van der Waals surface area contributed by atoms with Crippen LogP contribution < -0.4 is 11.1 Å². The molecule has 1 rings (SSSR count). The molecule has 0 fully saturated rings. The lowest BCUT2D eigenvalue weighted by atomic mass is 10.2. The van der Waals surface area contributed by atoms with Gasteiger partial charge in [0.2, 0.25) is 0 Å². The van der Waals surface area contributed by atoms with Crippen molar-refractivity contribution in [1.29, 1.82) is 0 Å². The van der Waals surface area contributed by atoms with E-state index in [4.69, 9.17) is 10.8 Å². The van der Waals surface area contributed by atoms with Gasteiger partial charge >= 0.3 is 12.1 Å². The van der Waals surface area contributed by atoms with Gasteiger partial charge in [-0.05, 0) is 6.07 Å². The highest BCUT2D eigenvalue weighted by Crippen LogP contribution is 2.29. The number of carbonyl (C=O) groups is 1. The SMILES string of the molecule is Nc1cc(NC(=O)C(F)(F)F)c(O)cc1F. The summed E-state index contributed by atoms with van der Waals surface area (Å²) in [6.45, 7) is 0. The van der Waals surface area contributed by atoms with E-state index < -0.39 is 35.0 Å². The zero-order valence-electron chi connectivity index (χ0n) is 7.60. The van der Waals surface area contributed by atoms with E-state index in [0.717, 1.165) is 0 Å². The van der Waals surface area contributed by atoms with Gasteiger partial charge in [0.15, 0.2) is 0 Å². The Morgan fingerprint density at radius 2 is 1.94 bits per heavy atom. The number of rotatable bonds is 1. The molecule has 0 aliphatic heterocycles. The third kappa shape index (κ3) is 2.53. The summed E-state index contributed by atoms with van der Waals surface area (Å²) in [6, 6.07) is 1.19. The topological polar surface area (TPSA) is 75.3 Å². The number of phenols is 1. The van der Waals surface area contributed by atoms with E-state index in [9.17, 15) is 22.4 Å². The van der Waals surface area contributed by atoms with Gasteiger partial charge in [-0.3, -0.25) is 4.79 Å². The molecule has 1 amide bonds. The number of phenolic OH excluding ortho intramolecular Hbond substituents is 1. The number of hydrogen-bond donors (Lipinski definition) is 3. The van der Waals surface area contributed by atoms with Crippen molar-refractivity contribution < 1.29 is 27.5 Å². The van der Waals surface area contributed by atoms with Gasteiger partial charge in [-0.2, -0.15) is 13.2 Å². The van der Waals surface area contributed by atoms with Crippen LogP contribution in [-0.2, 0) is 4.79 Å². The van der Waals surface area contributed by atoms with Crippen molar-refractivity contribution in [3.63, 3.8) is 0 Å². The Morgan fingerprint density at radius 3 is 2.44 bits per heavy atom. The molecule has 0 saturated carbocycles. The minimum absolute atomic E-state index is 0.490. The summed E-state index contributed by atoms with van der Waals surface area (Å²) in [6.07, 6.45) is -5.10. The van der Waals surface area contributed by atoms with Gasteiger partial charge in [0.05, 0.1) is 11.4 Å². The molecule has 0 aromatic heterocycles. The molecule has 0 spiro atoms. The highest BCUT2D eigenvalue weighted by atomic mass is 19.4. The first-order chi connectivity index (χ1) is 7.21. The summed E-state index contributed by atoms with van der Waals surface area (Å²) in [5.41, 5.74) is 3.96. The molecular weight excluding hydrogens is 232 g/mol. The fourth-order valence-corrected chi connectivity index (χ4v) is 0.873. The number of alkyl halides is 3. The molecule has 0 aliphatic rings. The number of aromatic hydroxyl groups is 1. The highest BCUT2D eigenvalue weighted by molar-refractivity contribution is 5.96. The number of nitrogens with one attached hydrogen (secondary N) is 1. The van der Waals surface area contributed by atoms with Crippen LogP contribution in [0.15, 0.2) is 12.1 Å². The van der Waals surface area contributed by atoms with Gasteiger partial charge in [0.1, 0.15) is 11.6 Å². The Balaban J connectivity index is 2.99. The van der Waals surface area contributed by atoms with Crippen molar-refractivity contribution in [2.75, 3.05) is 11.1 Å². The average Bonchev–Trinajstić information content (AvgIpc) is 2.12. The first-order valence-electron chi connectivity index (χ1n) is 3.88. The Kier molecular flexibility index (Phi) is 2.92. The van der Waals surface area contributed by atoms with E-state index in [2.05, 4.69) is 0 Å². The van der Waals surface area contributed by atoms with E-state index in [1.807, 2.05) is 0 Å². The largest absolute Gasteiger partial charge is 0.506 e. The predicted octanol–water partition coefficient (Wildman–Crippen LogP) is 1.61. The fraction of sp³-hybridized carbons (Fsp3) is 0.125. The van der Waals surface area contributed by atoms with Crippen LogP contribution in [0, 0.1) is 5.82 Å². The van der Waals surface area contributed by atoms with Gasteiger partial charge in [0.25, 0.3) is 0 Å². The van der Waals surface area contributed by atoms with Gasteiger partial charge < -0.3 is 16.2 Å². The van der Waals surface area contributed by atoms with Crippen molar-refractivity contribution in [2.45, 2.75) is 6.18 Å². The molecule has 0 saturated heterocycles. The lowest BCUT2D eigenvalue weighted by molar-refractivity contribution is -0.167. The van der Waals surface area contributed by atoms with Crippen LogP contribution in [-0.4, -0.2) is 17.2 Å². The van der Waals surface area contributed by atoms with Crippen molar-refractivity contribution in [1.82, 2.24) is 0 Å². The summed E-state index contributed by atoms with van der Waals surface area (Å²) < 4.78 is 48.3. The Labute approximate surface area is 86.7 Å². The summed E-state index contributed by atoms with van der Waals surface area (Å²) >= 11 is 0. The molecule has 0 bridgehead atoms. The third-order valence-corrected chi connectivity index (χ3v) is 1.62. The second kappa shape index (κ2) is 3.87. The van der Waals surface area contributed by atoms with E-state index in [0.29, 0.717) is 12.1 Å². The first kappa shape index (κ1) is 12.1. The van der Waals surface area contributed by atoms with Crippen LogP contribution in [0.3, 0.4) is 0 Å². The van der Waals surface area contributed by atoms with Crippen LogP contribution >= 0.6 is 0 Å². The number of carbonyl (C=O) groups excluding carboxylic acids is 1. The maximum Gasteiger partial charge on any atom is 0.471 e. The van der Waals surface area contributed by atoms with Crippen LogP contribution in [0.2, 0.25) is 0 Å². The average molecular weight is 238 g/mol. The minimum Gasteiger partial charge on any atom is -0.506 e. The molecule has 4 N–H and O–H groups in total. The van der Waals surface area contributed by atoms with Crippen LogP contribution in [0.25, 0.3) is 0 Å². The number of nitrogens with two attached hydrogens (primary N) is 1. The van der Waals surface area contributed by atoms with E-state index >= 15 is 0 Å². The van der Waals surface area contributed by atoms with Crippen LogP contribution in [0.4, 0.5) is 28.9 Å². The quantitative estimate of drug-likeness (QED) is 0.301. The number of hydrogen-bond acceptors (Lipinski definition) is 3. The molecule has 0 unspecified atom stereocenters. The predicted molar refractivity (Wildman–Crippen MR) is 47.2 cm³/mol. The maximum absolute atomic E-state index is 12.7. The molecule has 16 heavy (non-hydrogen) atoms. The van der Waals surface area contributed by atoms with Crippen molar-refractivity contribution in [2.24, 2.45) is 0 Å². The Bertz CT molecular complexity index is 431. The highest BCUT2D eigenvalue weighted by Gasteiger charge is 2.39. The summed E-state index contributed by atoms with van der Waals surface area (Å²) in [7, 11) is 0. The van der Waals surface area contributed by atoms with Gasteiger partial charge in [-0.1, -0.05) is 0 Å². The molecule has 0 atom stereocenters. The molecule has 0 radical (unpaired) electrons. The van der Waals surface area contributed by atoms with E-state index in [-0.39, 0.29) is 0 Å².